The van der Waals surface area contributed by atoms with Crippen LogP contribution in [0.15, 0.2) is 36.0 Å². The Morgan fingerprint density at radius 1 is 1.44 bits per heavy atom. The number of aromatic nitrogens is 1. The van der Waals surface area contributed by atoms with Crippen LogP contribution in [0.4, 0.5) is 0 Å². The minimum absolute atomic E-state index is 0.0912. The van der Waals surface area contributed by atoms with Crippen LogP contribution >= 0.6 is 11.3 Å². The van der Waals surface area contributed by atoms with Crippen LogP contribution in [0.5, 0.6) is 5.75 Å². The SMILES string of the molecule is CC(C)Oc1cccc(C(=O)Cc2cncs2)c1. The maximum absolute atomic E-state index is 12.1. The van der Waals surface area contributed by atoms with Gasteiger partial charge in [0.15, 0.2) is 5.78 Å². The van der Waals surface area contributed by atoms with E-state index in [2.05, 4.69) is 4.98 Å². The van der Waals surface area contributed by atoms with Crippen LogP contribution in [0.25, 0.3) is 0 Å². The van der Waals surface area contributed by atoms with Gasteiger partial charge in [-0.3, -0.25) is 9.78 Å². The van der Waals surface area contributed by atoms with Gasteiger partial charge in [-0.1, -0.05) is 12.1 Å². The number of hydrogen-bond acceptors (Lipinski definition) is 4. The Morgan fingerprint density at radius 2 is 2.28 bits per heavy atom. The molecular formula is C14H15NO2S. The van der Waals surface area contributed by atoms with Crippen molar-refractivity contribution in [2.45, 2.75) is 26.4 Å². The highest BCUT2D eigenvalue weighted by Crippen LogP contribution is 2.17. The number of carbonyl (C=O) groups excluding carboxylic acids is 1. The lowest BCUT2D eigenvalue weighted by molar-refractivity contribution is 0.0993. The third-order valence-corrected chi connectivity index (χ3v) is 3.13. The number of carbonyl (C=O) groups is 1. The number of thiazole rings is 1. The highest BCUT2D eigenvalue weighted by molar-refractivity contribution is 7.09. The van der Waals surface area contributed by atoms with Crippen LogP contribution in [0.1, 0.15) is 29.1 Å². The maximum Gasteiger partial charge on any atom is 0.168 e. The van der Waals surface area contributed by atoms with Crippen molar-refractivity contribution in [3.63, 3.8) is 0 Å². The molecule has 0 N–H and O–H groups in total. The van der Waals surface area contributed by atoms with Crippen molar-refractivity contribution in [2.24, 2.45) is 0 Å². The molecule has 1 heterocycles. The lowest BCUT2D eigenvalue weighted by Crippen LogP contribution is -2.07. The Balaban J connectivity index is 2.10. The third kappa shape index (κ3) is 3.40. The zero-order chi connectivity index (χ0) is 13.0. The fourth-order valence-corrected chi connectivity index (χ4v) is 2.20. The van der Waals surface area contributed by atoms with Gasteiger partial charge in [-0.15, -0.1) is 11.3 Å². The molecule has 4 heteroatoms. The number of benzene rings is 1. The summed E-state index contributed by atoms with van der Waals surface area (Å²) >= 11 is 1.50. The number of Topliss-reactive ketones (excluding diaryl/α,β-unsaturated/α-hetero) is 1. The second-order valence-corrected chi connectivity index (χ2v) is 5.23. The summed E-state index contributed by atoms with van der Waals surface area (Å²) in [5, 5.41) is 0. The molecule has 0 atom stereocenters. The molecule has 0 aliphatic rings. The first-order chi connectivity index (χ1) is 8.65. The van der Waals surface area contributed by atoms with E-state index in [4.69, 9.17) is 4.74 Å². The smallest absolute Gasteiger partial charge is 0.168 e. The monoisotopic (exact) mass is 261 g/mol. The molecule has 1 aromatic carbocycles. The average molecular weight is 261 g/mol. The van der Waals surface area contributed by atoms with Gasteiger partial charge >= 0.3 is 0 Å². The van der Waals surface area contributed by atoms with E-state index in [-0.39, 0.29) is 11.9 Å². The molecule has 0 bridgehead atoms. The van der Waals surface area contributed by atoms with Gasteiger partial charge in [0, 0.05) is 23.1 Å². The molecule has 0 radical (unpaired) electrons. The molecule has 0 saturated carbocycles. The maximum atomic E-state index is 12.1. The molecule has 0 saturated heterocycles. The minimum Gasteiger partial charge on any atom is -0.491 e. The van der Waals surface area contributed by atoms with Gasteiger partial charge in [0.2, 0.25) is 0 Å². The summed E-state index contributed by atoms with van der Waals surface area (Å²) in [5.41, 5.74) is 2.42. The first kappa shape index (κ1) is 12.8. The topological polar surface area (TPSA) is 39.2 Å². The van der Waals surface area contributed by atoms with Crippen molar-refractivity contribution in [2.75, 3.05) is 0 Å². The van der Waals surface area contributed by atoms with Crippen LogP contribution in [-0.4, -0.2) is 16.9 Å². The largest absolute Gasteiger partial charge is 0.491 e. The molecule has 1 aromatic heterocycles. The minimum atomic E-state index is 0.0912. The summed E-state index contributed by atoms with van der Waals surface area (Å²) in [6.45, 7) is 3.93. The van der Waals surface area contributed by atoms with E-state index in [9.17, 15) is 4.79 Å². The highest BCUT2D eigenvalue weighted by atomic mass is 32.1. The van der Waals surface area contributed by atoms with Crippen molar-refractivity contribution >= 4 is 17.1 Å². The van der Waals surface area contributed by atoms with Gasteiger partial charge in [-0.25, -0.2) is 0 Å². The molecule has 2 rings (SSSR count). The van der Waals surface area contributed by atoms with E-state index in [1.807, 2.05) is 32.0 Å². The second kappa shape index (κ2) is 5.78. The fraction of sp³-hybridized carbons (Fsp3) is 0.286. The Kier molecular flexibility index (Phi) is 4.10. The van der Waals surface area contributed by atoms with E-state index in [0.717, 1.165) is 10.6 Å². The second-order valence-electron chi connectivity index (χ2n) is 4.26. The average Bonchev–Trinajstić information content (AvgIpc) is 2.81. The van der Waals surface area contributed by atoms with E-state index in [0.29, 0.717) is 12.0 Å². The number of rotatable bonds is 5. The Bertz CT molecular complexity index is 520. The normalized spacial score (nSPS) is 10.6. The van der Waals surface area contributed by atoms with Crippen molar-refractivity contribution in [1.29, 1.82) is 0 Å². The van der Waals surface area contributed by atoms with Gasteiger partial charge in [-0.2, -0.15) is 0 Å². The summed E-state index contributed by atoms with van der Waals surface area (Å²) in [6.07, 6.45) is 2.24. The molecule has 18 heavy (non-hydrogen) atoms. The molecule has 0 aliphatic heterocycles. The highest BCUT2D eigenvalue weighted by Gasteiger charge is 2.09. The van der Waals surface area contributed by atoms with Gasteiger partial charge in [0.05, 0.1) is 11.6 Å². The van der Waals surface area contributed by atoms with E-state index in [1.165, 1.54) is 11.3 Å². The Hall–Kier alpha value is -1.68. The van der Waals surface area contributed by atoms with E-state index >= 15 is 0 Å². The fourth-order valence-electron chi connectivity index (χ4n) is 1.60. The van der Waals surface area contributed by atoms with Crippen molar-refractivity contribution in [1.82, 2.24) is 4.98 Å². The predicted molar refractivity (Wildman–Crippen MR) is 72.4 cm³/mol. The van der Waals surface area contributed by atoms with Crippen molar-refractivity contribution < 1.29 is 9.53 Å². The van der Waals surface area contributed by atoms with Gasteiger partial charge in [-0.05, 0) is 26.0 Å². The molecule has 3 nitrogen and oxygen atoms in total. The zero-order valence-electron chi connectivity index (χ0n) is 10.4. The number of ether oxygens (including phenoxy) is 1. The summed E-state index contributed by atoms with van der Waals surface area (Å²) in [6, 6.07) is 7.32. The molecule has 0 spiro atoms. The van der Waals surface area contributed by atoms with Gasteiger partial charge in [0.1, 0.15) is 5.75 Å². The zero-order valence-corrected chi connectivity index (χ0v) is 11.2. The third-order valence-electron chi connectivity index (χ3n) is 2.35. The van der Waals surface area contributed by atoms with Gasteiger partial charge < -0.3 is 4.74 Å². The van der Waals surface area contributed by atoms with Crippen LogP contribution in [-0.2, 0) is 6.42 Å². The van der Waals surface area contributed by atoms with Crippen LogP contribution in [0.3, 0.4) is 0 Å². The summed E-state index contributed by atoms with van der Waals surface area (Å²) < 4.78 is 5.58. The van der Waals surface area contributed by atoms with Crippen molar-refractivity contribution in [3.8, 4) is 5.75 Å². The van der Waals surface area contributed by atoms with E-state index < -0.39 is 0 Å². The molecule has 94 valence electrons. The van der Waals surface area contributed by atoms with Gasteiger partial charge in [0.25, 0.3) is 0 Å². The van der Waals surface area contributed by atoms with E-state index in [1.54, 1.807) is 17.8 Å². The van der Waals surface area contributed by atoms with Crippen LogP contribution in [0, 0.1) is 0 Å². The first-order valence-electron chi connectivity index (χ1n) is 5.82. The summed E-state index contributed by atoms with van der Waals surface area (Å²) in [7, 11) is 0. The predicted octanol–water partition coefficient (Wildman–Crippen LogP) is 3.36. The Labute approximate surface area is 110 Å². The quantitative estimate of drug-likeness (QED) is 0.775. The number of ketones is 1. The van der Waals surface area contributed by atoms with Crippen LogP contribution < -0.4 is 4.74 Å². The van der Waals surface area contributed by atoms with Crippen LogP contribution in [0.2, 0.25) is 0 Å². The standard InChI is InChI=1S/C14H15NO2S/c1-10(2)17-12-5-3-4-11(6-12)14(16)7-13-8-15-9-18-13/h3-6,8-10H,7H2,1-2H3. The molecule has 0 fully saturated rings. The molecule has 2 aromatic rings. The number of nitrogens with zero attached hydrogens (tertiary/aromatic N) is 1. The molecular weight excluding hydrogens is 246 g/mol. The summed E-state index contributed by atoms with van der Waals surface area (Å²) in [4.78, 5) is 17.0. The molecule has 0 aliphatic carbocycles. The number of hydrogen-bond donors (Lipinski definition) is 0. The summed E-state index contributed by atoms with van der Waals surface area (Å²) in [5.74, 6) is 0.827. The molecule has 0 amide bonds. The first-order valence-corrected chi connectivity index (χ1v) is 6.70. The Morgan fingerprint density at radius 3 is 2.94 bits per heavy atom. The lowest BCUT2D eigenvalue weighted by Gasteiger charge is -2.10. The molecule has 0 unspecified atom stereocenters. The lowest BCUT2D eigenvalue weighted by atomic mass is 10.1. The van der Waals surface area contributed by atoms with Crippen molar-refractivity contribution in [3.05, 3.63) is 46.4 Å².